The lowest BCUT2D eigenvalue weighted by molar-refractivity contribution is -0.292. The van der Waals surface area contributed by atoms with Crippen LogP contribution >= 0.6 is 11.2 Å². The van der Waals surface area contributed by atoms with Crippen molar-refractivity contribution < 1.29 is 23.1 Å². The number of methoxy groups -OCH3 is 3. The third-order valence-corrected chi connectivity index (χ3v) is 18.7. The smallest absolute Gasteiger partial charge is 0.334 e. The fourth-order valence-electron chi connectivity index (χ4n) is 1.47. The summed E-state index contributed by atoms with van der Waals surface area (Å²) >= 11 is 2.20. The quantitative estimate of drug-likeness (QED) is 0.301. The van der Waals surface area contributed by atoms with Gasteiger partial charge < -0.3 is 23.1 Å². The van der Waals surface area contributed by atoms with Gasteiger partial charge in [-0.2, -0.15) is 11.2 Å². The van der Waals surface area contributed by atoms with Crippen molar-refractivity contribution in [3.05, 3.63) is 0 Å². The summed E-state index contributed by atoms with van der Waals surface area (Å²) in [6.45, 7) is 14.2. The lowest BCUT2D eigenvalue weighted by Crippen LogP contribution is -2.37. The summed E-state index contributed by atoms with van der Waals surface area (Å²) < 4.78 is 25.6. The average Bonchev–Trinajstić information content (AvgIpc) is 2.57. The molecule has 0 amide bonds. The van der Waals surface area contributed by atoms with Gasteiger partial charge in [-0.15, -0.1) is 0 Å². The molecule has 0 aromatic rings. The Morgan fingerprint density at radius 3 is 1.48 bits per heavy atom. The molecule has 5 nitrogen and oxygen atoms in total. The van der Waals surface area contributed by atoms with Gasteiger partial charge in [0.2, 0.25) is 5.60 Å². The summed E-state index contributed by atoms with van der Waals surface area (Å²) in [6.07, 6.45) is 1.21. The zero-order chi connectivity index (χ0) is 20.4. The molecule has 25 heavy (non-hydrogen) atoms. The molecule has 0 aromatic carbocycles. The topological polar surface area (TPSA) is 46.2 Å². The fraction of sp³-hybridized carbons (Fsp3) is 1.00. The molecule has 0 aliphatic heterocycles. The van der Waals surface area contributed by atoms with Crippen LogP contribution in [0.3, 0.4) is 0 Å². The maximum Gasteiger partial charge on any atom is 0.334 e. The van der Waals surface area contributed by atoms with Crippen LogP contribution in [0, 0.1) is 0 Å². The molecule has 0 saturated heterocycles. The zero-order valence-electron chi connectivity index (χ0n) is 18.6. The Balaban J connectivity index is 0. The predicted octanol–water partition coefficient (Wildman–Crippen LogP) is 3.38. The van der Waals surface area contributed by atoms with Crippen molar-refractivity contribution in [1.29, 1.82) is 0 Å². The molecule has 0 heterocycles. The SMILES string of the molecule is COC([SiH3])(OC)OC.CO[Si](C)(CCCS[Si](C)(C)C(C)(C)C)OC. The maximum atomic E-state index is 5.51. The molecule has 0 radical (unpaired) electrons. The van der Waals surface area contributed by atoms with Crippen LogP contribution in [-0.4, -0.2) is 72.9 Å². The monoisotopic (exact) mass is 430 g/mol. The van der Waals surface area contributed by atoms with Crippen molar-refractivity contribution in [2.75, 3.05) is 41.3 Å². The molecular weight excluding hydrogens is 388 g/mol. The second kappa shape index (κ2) is 12.3. The minimum absolute atomic E-state index is 0.473. The predicted molar refractivity (Wildman–Crippen MR) is 118 cm³/mol. The second-order valence-corrected chi connectivity index (χ2v) is 21.7. The standard InChI is InChI=1S/C12H30O2SSi2.C4H12O3Si/c1-12(2,3)16(6,7)15-10-9-11-17(8,13-4)14-5;1-5-4(8,6-2)7-3/h9-11H2,1-8H3;1-3,8H3. The van der Waals surface area contributed by atoms with Crippen LogP contribution in [0.1, 0.15) is 27.2 Å². The van der Waals surface area contributed by atoms with Crippen LogP contribution in [0.2, 0.25) is 30.7 Å². The molecule has 9 heteroatoms. The van der Waals surface area contributed by atoms with Crippen molar-refractivity contribution in [1.82, 2.24) is 0 Å². The van der Waals surface area contributed by atoms with E-state index in [1.165, 1.54) is 12.2 Å². The first kappa shape index (κ1) is 28.0. The number of hydrogen-bond donors (Lipinski definition) is 0. The van der Waals surface area contributed by atoms with E-state index in [0.29, 0.717) is 15.3 Å². The molecule has 0 aromatic heterocycles. The van der Waals surface area contributed by atoms with Crippen molar-refractivity contribution in [3.8, 4) is 0 Å². The van der Waals surface area contributed by atoms with Crippen LogP contribution < -0.4 is 0 Å². The van der Waals surface area contributed by atoms with Crippen LogP contribution in [0.15, 0.2) is 0 Å². The van der Waals surface area contributed by atoms with Gasteiger partial charge in [0, 0.05) is 35.5 Å². The lowest BCUT2D eigenvalue weighted by Gasteiger charge is -2.36. The summed E-state index contributed by atoms with van der Waals surface area (Å²) in [4.78, 5) is 0. The van der Waals surface area contributed by atoms with E-state index < -0.39 is 21.4 Å². The largest absolute Gasteiger partial charge is 0.398 e. The summed E-state index contributed by atoms with van der Waals surface area (Å²) in [6, 6.07) is 1.10. The molecule has 0 bridgehead atoms. The van der Waals surface area contributed by atoms with Gasteiger partial charge >= 0.3 is 8.56 Å². The van der Waals surface area contributed by atoms with Gasteiger partial charge in [-0.3, -0.25) is 0 Å². The highest BCUT2D eigenvalue weighted by atomic mass is 32.4. The van der Waals surface area contributed by atoms with E-state index in [1.54, 1.807) is 35.5 Å². The third-order valence-electron chi connectivity index (χ3n) is 5.02. The van der Waals surface area contributed by atoms with Crippen molar-refractivity contribution in [2.24, 2.45) is 0 Å². The second-order valence-electron chi connectivity index (χ2n) is 7.73. The van der Waals surface area contributed by atoms with Crippen LogP contribution in [-0.2, 0) is 23.1 Å². The molecule has 154 valence electrons. The highest BCUT2D eigenvalue weighted by Crippen LogP contribution is 2.43. The van der Waals surface area contributed by atoms with Crippen molar-refractivity contribution >= 4 is 37.2 Å². The van der Waals surface area contributed by atoms with Gasteiger partial charge in [0.1, 0.15) is 17.5 Å². The fourth-order valence-corrected chi connectivity index (χ4v) is 7.62. The van der Waals surface area contributed by atoms with Gasteiger partial charge in [-0.05, 0) is 29.8 Å². The molecule has 0 aliphatic rings. The highest BCUT2D eigenvalue weighted by molar-refractivity contribution is 8.29. The number of rotatable bonds is 10. The van der Waals surface area contributed by atoms with Gasteiger partial charge in [0.15, 0.2) is 0 Å². The Hall–Kier alpha value is 0.801. The summed E-state index contributed by atoms with van der Waals surface area (Å²) in [5.74, 6) is 1.24. The summed E-state index contributed by atoms with van der Waals surface area (Å²) in [7, 11) is 5.91. The summed E-state index contributed by atoms with van der Waals surface area (Å²) in [5, 5.41) is 0.473. The van der Waals surface area contributed by atoms with Gasteiger partial charge in [-0.25, -0.2) is 0 Å². The Bertz CT molecular complexity index is 335. The minimum Gasteiger partial charge on any atom is -0.398 e. The van der Waals surface area contributed by atoms with E-state index >= 15 is 0 Å². The van der Waals surface area contributed by atoms with E-state index in [0.717, 1.165) is 6.04 Å². The van der Waals surface area contributed by atoms with E-state index in [1.807, 2.05) is 0 Å². The third kappa shape index (κ3) is 11.3. The van der Waals surface area contributed by atoms with Gasteiger partial charge in [0.25, 0.3) is 0 Å². The normalized spacial score (nSPS) is 13.6. The Labute approximate surface area is 165 Å². The van der Waals surface area contributed by atoms with Crippen LogP contribution in [0.5, 0.6) is 0 Å². The first-order valence-corrected chi connectivity index (χ1v) is 16.9. The maximum absolute atomic E-state index is 5.51. The minimum atomic E-state index is -1.84. The molecular formula is C16H42O5SSi3. The molecule has 0 aliphatic carbocycles. The van der Waals surface area contributed by atoms with E-state index in [2.05, 4.69) is 51.6 Å². The van der Waals surface area contributed by atoms with Crippen LogP contribution in [0.4, 0.5) is 0 Å². The highest BCUT2D eigenvalue weighted by Gasteiger charge is 2.36. The van der Waals surface area contributed by atoms with E-state index in [4.69, 9.17) is 23.1 Å². The first-order valence-electron chi connectivity index (χ1n) is 8.66. The zero-order valence-corrected chi connectivity index (χ0v) is 23.4. The Morgan fingerprint density at radius 2 is 1.24 bits per heavy atom. The molecule has 0 atom stereocenters. The van der Waals surface area contributed by atoms with Crippen molar-refractivity contribution in [2.45, 2.75) is 63.5 Å². The molecule has 0 rings (SSSR count). The van der Waals surface area contributed by atoms with Gasteiger partial charge in [-0.1, -0.05) is 33.9 Å². The molecule has 0 N–H and O–H groups in total. The Kier molecular flexibility index (Phi) is 13.8. The number of hydrogen-bond acceptors (Lipinski definition) is 6. The number of ether oxygens (including phenoxy) is 3. The molecule has 0 saturated carbocycles. The van der Waals surface area contributed by atoms with Gasteiger partial charge in [0.05, 0.1) is 0 Å². The molecule has 0 spiro atoms. The average molecular weight is 431 g/mol. The van der Waals surface area contributed by atoms with Crippen LogP contribution in [0.25, 0.3) is 0 Å². The van der Waals surface area contributed by atoms with E-state index in [-0.39, 0.29) is 0 Å². The first-order chi connectivity index (χ1) is 11.3. The Morgan fingerprint density at radius 1 is 0.840 bits per heavy atom. The lowest BCUT2D eigenvalue weighted by atomic mass is 10.2. The van der Waals surface area contributed by atoms with Crippen molar-refractivity contribution in [3.63, 3.8) is 0 Å². The van der Waals surface area contributed by atoms with E-state index in [9.17, 15) is 0 Å². The molecule has 0 fully saturated rings. The molecule has 0 unspecified atom stereocenters. The summed E-state index contributed by atoms with van der Waals surface area (Å²) in [5.41, 5.74) is -0.736.